The van der Waals surface area contributed by atoms with Crippen LogP contribution in [0.4, 0.5) is 10.9 Å². The predicted octanol–water partition coefficient (Wildman–Crippen LogP) is 3.56. The lowest BCUT2D eigenvalue weighted by atomic mass is 9.78. The van der Waals surface area contributed by atoms with Crippen molar-refractivity contribution in [1.82, 2.24) is 9.97 Å². The molecule has 0 radical (unpaired) electrons. The first-order chi connectivity index (χ1) is 13.7. The van der Waals surface area contributed by atoms with E-state index >= 15 is 0 Å². The van der Waals surface area contributed by atoms with Crippen molar-refractivity contribution in [3.8, 4) is 0 Å². The highest BCUT2D eigenvalue weighted by Gasteiger charge is 2.34. The summed E-state index contributed by atoms with van der Waals surface area (Å²) in [6.07, 6.45) is 3.13. The van der Waals surface area contributed by atoms with E-state index in [1.807, 2.05) is 19.9 Å². The van der Waals surface area contributed by atoms with Crippen LogP contribution in [0.5, 0.6) is 0 Å². The van der Waals surface area contributed by atoms with Gasteiger partial charge in [-0.2, -0.15) is 0 Å². The number of nitrogens with zero attached hydrogens (tertiary/aromatic N) is 3. The molecular formula is C21H26N4O3S. The fourth-order valence-electron chi connectivity index (χ4n) is 4.02. The second-order valence-electron chi connectivity index (χ2n) is 8.76. The molecule has 2 aromatic heterocycles. The average Bonchev–Trinajstić information content (AvgIpc) is 3.02. The van der Waals surface area contributed by atoms with Gasteiger partial charge in [-0.05, 0) is 37.8 Å². The lowest BCUT2D eigenvalue weighted by Crippen LogP contribution is -2.45. The van der Waals surface area contributed by atoms with Gasteiger partial charge in [0.1, 0.15) is 5.82 Å². The van der Waals surface area contributed by atoms with Gasteiger partial charge in [-0.15, -0.1) is 0 Å². The predicted molar refractivity (Wildman–Crippen MR) is 113 cm³/mol. The smallest absolute Gasteiger partial charge is 0.259 e. The van der Waals surface area contributed by atoms with E-state index in [1.54, 1.807) is 12.3 Å². The molecular weight excluding hydrogens is 388 g/mol. The molecule has 2 aromatic rings. The zero-order valence-electron chi connectivity index (χ0n) is 17.2. The van der Waals surface area contributed by atoms with Crippen LogP contribution < -0.4 is 10.2 Å². The Morgan fingerprint density at radius 3 is 2.62 bits per heavy atom. The van der Waals surface area contributed by atoms with Crippen LogP contribution in [-0.4, -0.2) is 47.0 Å². The summed E-state index contributed by atoms with van der Waals surface area (Å²) < 4.78 is 5.76. The highest BCUT2D eigenvalue weighted by Crippen LogP contribution is 2.38. The van der Waals surface area contributed by atoms with Crippen LogP contribution >= 0.6 is 11.3 Å². The standard InChI is InChI=1S/C21H26N4O3S/c1-12-10-25(11-13(2)28-12)17-6-5-14(9-22-17)19(27)24-20-23-15-7-21(3,4)8-16(26)18(15)29-20/h5-6,9,12-13H,7-8,10-11H2,1-4H3,(H,23,24,27). The Morgan fingerprint density at radius 2 is 1.97 bits per heavy atom. The summed E-state index contributed by atoms with van der Waals surface area (Å²) in [5.74, 6) is 0.667. The second-order valence-corrected chi connectivity index (χ2v) is 9.76. The topological polar surface area (TPSA) is 84.4 Å². The normalized spacial score (nSPS) is 23.6. The molecule has 154 valence electrons. The number of morpholine rings is 1. The number of anilines is 2. The van der Waals surface area contributed by atoms with Crippen molar-refractivity contribution in [1.29, 1.82) is 0 Å². The minimum Gasteiger partial charge on any atom is -0.372 e. The zero-order chi connectivity index (χ0) is 20.8. The molecule has 2 aliphatic rings. The first kappa shape index (κ1) is 20.0. The fraction of sp³-hybridized carbons (Fsp3) is 0.524. The minimum absolute atomic E-state index is 0.0896. The molecule has 0 spiro atoms. The van der Waals surface area contributed by atoms with Gasteiger partial charge in [0.25, 0.3) is 5.91 Å². The van der Waals surface area contributed by atoms with Gasteiger partial charge in [0, 0.05) is 25.7 Å². The number of carbonyl (C=O) groups excluding carboxylic acids is 2. The average molecular weight is 415 g/mol. The number of thiazole rings is 1. The third-order valence-electron chi connectivity index (χ3n) is 5.21. The van der Waals surface area contributed by atoms with Crippen molar-refractivity contribution in [3.05, 3.63) is 34.5 Å². The quantitative estimate of drug-likeness (QED) is 0.827. The monoisotopic (exact) mass is 414 g/mol. The number of hydrogen-bond donors (Lipinski definition) is 1. The molecule has 1 aliphatic carbocycles. The zero-order valence-corrected chi connectivity index (χ0v) is 18.0. The molecule has 3 heterocycles. The third-order valence-corrected chi connectivity index (χ3v) is 6.26. The maximum Gasteiger partial charge on any atom is 0.259 e. The molecule has 7 nitrogen and oxygen atoms in total. The van der Waals surface area contributed by atoms with Gasteiger partial charge >= 0.3 is 0 Å². The van der Waals surface area contributed by atoms with E-state index in [4.69, 9.17) is 4.74 Å². The largest absolute Gasteiger partial charge is 0.372 e. The number of fused-ring (bicyclic) bond motifs is 1. The van der Waals surface area contributed by atoms with E-state index in [-0.39, 0.29) is 29.3 Å². The van der Waals surface area contributed by atoms with Gasteiger partial charge in [-0.25, -0.2) is 9.97 Å². The van der Waals surface area contributed by atoms with E-state index in [0.717, 1.165) is 31.0 Å². The molecule has 1 amide bonds. The van der Waals surface area contributed by atoms with Crippen molar-refractivity contribution >= 4 is 34.0 Å². The molecule has 4 rings (SSSR count). The van der Waals surface area contributed by atoms with Crippen molar-refractivity contribution in [2.75, 3.05) is 23.3 Å². The van der Waals surface area contributed by atoms with Crippen LogP contribution in [0.25, 0.3) is 0 Å². The molecule has 1 fully saturated rings. The molecule has 0 saturated carbocycles. The summed E-state index contributed by atoms with van der Waals surface area (Å²) in [5.41, 5.74) is 1.16. The van der Waals surface area contributed by atoms with Crippen LogP contribution in [0.3, 0.4) is 0 Å². The SMILES string of the molecule is CC1CN(c2ccc(C(=O)Nc3nc4c(s3)C(=O)CC(C)(C)C4)cn2)CC(C)O1. The van der Waals surface area contributed by atoms with E-state index in [0.29, 0.717) is 22.0 Å². The number of nitrogens with one attached hydrogen (secondary N) is 1. The lowest BCUT2D eigenvalue weighted by molar-refractivity contribution is -0.00546. The lowest BCUT2D eigenvalue weighted by Gasteiger charge is -2.36. The number of pyridine rings is 1. The Morgan fingerprint density at radius 1 is 1.24 bits per heavy atom. The highest BCUT2D eigenvalue weighted by molar-refractivity contribution is 7.17. The van der Waals surface area contributed by atoms with E-state index in [9.17, 15) is 9.59 Å². The molecule has 29 heavy (non-hydrogen) atoms. The highest BCUT2D eigenvalue weighted by atomic mass is 32.1. The number of Topliss-reactive ketones (excluding diaryl/α,β-unsaturated/α-hetero) is 1. The number of rotatable bonds is 3. The van der Waals surface area contributed by atoms with E-state index in [1.165, 1.54) is 11.3 Å². The van der Waals surface area contributed by atoms with Gasteiger partial charge in [0.05, 0.1) is 28.3 Å². The first-order valence-electron chi connectivity index (χ1n) is 9.91. The summed E-state index contributed by atoms with van der Waals surface area (Å²) in [4.78, 5) is 36.8. The Kier molecular flexibility index (Phi) is 5.16. The number of ketones is 1. The van der Waals surface area contributed by atoms with Gasteiger partial charge in [0.2, 0.25) is 0 Å². The Labute approximate surface area is 174 Å². The summed E-state index contributed by atoms with van der Waals surface area (Å²) in [5, 5.41) is 3.28. The number of aromatic nitrogens is 2. The maximum absolute atomic E-state index is 12.6. The number of ether oxygens (including phenoxy) is 1. The summed E-state index contributed by atoms with van der Waals surface area (Å²) in [7, 11) is 0. The summed E-state index contributed by atoms with van der Waals surface area (Å²) >= 11 is 1.26. The molecule has 1 N–H and O–H groups in total. The Balaban J connectivity index is 1.45. The van der Waals surface area contributed by atoms with Gasteiger partial charge in [0.15, 0.2) is 10.9 Å². The van der Waals surface area contributed by atoms with Crippen LogP contribution in [0.2, 0.25) is 0 Å². The number of amides is 1. The van der Waals surface area contributed by atoms with E-state index in [2.05, 4.69) is 34.0 Å². The van der Waals surface area contributed by atoms with Crippen LogP contribution in [-0.2, 0) is 11.2 Å². The van der Waals surface area contributed by atoms with Crippen LogP contribution in [0.1, 0.15) is 59.8 Å². The second kappa shape index (κ2) is 7.50. The van der Waals surface area contributed by atoms with Gasteiger partial charge < -0.3 is 9.64 Å². The van der Waals surface area contributed by atoms with Crippen molar-refractivity contribution in [3.63, 3.8) is 0 Å². The minimum atomic E-state index is -0.273. The molecule has 8 heteroatoms. The van der Waals surface area contributed by atoms with Crippen molar-refractivity contribution in [2.45, 2.75) is 52.7 Å². The van der Waals surface area contributed by atoms with Crippen molar-refractivity contribution < 1.29 is 14.3 Å². The van der Waals surface area contributed by atoms with Crippen LogP contribution in [0.15, 0.2) is 18.3 Å². The number of hydrogen-bond acceptors (Lipinski definition) is 7. The van der Waals surface area contributed by atoms with Gasteiger partial charge in [-0.1, -0.05) is 25.2 Å². The molecule has 2 unspecified atom stereocenters. The van der Waals surface area contributed by atoms with Gasteiger partial charge in [-0.3, -0.25) is 14.9 Å². The Bertz CT molecular complexity index is 928. The first-order valence-corrected chi connectivity index (χ1v) is 10.7. The molecule has 1 saturated heterocycles. The summed E-state index contributed by atoms with van der Waals surface area (Å²) in [6, 6.07) is 3.63. The van der Waals surface area contributed by atoms with E-state index < -0.39 is 0 Å². The molecule has 0 aromatic carbocycles. The van der Waals surface area contributed by atoms with Crippen LogP contribution in [0, 0.1) is 5.41 Å². The summed E-state index contributed by atoms with van der Waals surface area (Å²) in [6.45, 7) is 9.77. The molecule has 0 bridgehead atoms. The molecule has 1 aliphatic heterocycles. The third kappa shape index (κ3) is 4.33. The number of carbonyl (C=O) groups is 2. The molecule has 2 atom stereocenters. The fourth-order valence-corrected chi connectivity index (χ4v) is 4.93. The Hall–Kier alpha value is -2.32. The maximum atomic E-state index is 12.6. The van der Waals surface area contributed by atoms with Crippen molar-refractivity contribution in [2.24, 2.45) is 5.41 Å².